The molecule has 0 saturated carbocycles. The van der Waals surface area contributed by atoms with E-state index in [9.17, 15) is 8.42 Å². The average Bonchev–Trinajstić information content (AvgIpc) is 2.89. The lowest BCUT2D eigenvalue weighted by molar-refractivity contribution is 0.354. The summed E-state index contributed by atoms with van der Waals surface area (Å²) >= 11 is 0. The molecule has 0 fully saturated rings. The number of benzene rings is 1. The molecule has 1 heterocycles. The quantitative estimate of drug-likeness (QED) is 0.912. The first-order valence-corrected chi connectivity index (χ1v) is 7.97. The Labute approximate surface area is 118 Å². The summed E-state index contributed by atoms with van der Waals surface area (Å²) in [6.07, 6.45) is 0. The van der Waals surface area contributed by atoms with Crippen molar-refractivity contribution in [3.8, 4) is 11.4 Å². The fourth-order valence-electron chi connectivity index (χ4n) is 1.63. The van der Waals surface area contributed by atoms with Crippen molar-refractivity contribution in [1.29, 1.82) is 0 Å². The molecule has 1 aromatic carbocycles. The lowest BCUT2D eigenvalue weighted by Gasteiger charge is -2.08. The second-order valence-corrected chi connectivity index (χ2v) is 6.61. The number of sulfonamides is 1. The highest BCUT2D eigenvalue weighted by molar-refractivity contribution is 7.89. The molecule has 6 nitrogen and oxygen atoms in total. The Bertz CT molecular complexity index is 677. The van der Waals surface area contributed by atoms with Crippen molar-refractivity contribution in [3.05, 3.63) is 35.7 Å². The topological polar surface area (TPSA) is 85.1 Å². The van der Waals surface area contributed by atoms with Gasteiger partial charge in [0.25, 0.3) is 0 Å². The van der Waals surface area contributed by atoms with Crippen LogP contribution in [0.4, 0.5) is 0 Å². The molecular weight excluding hydrogens is 278 g/mol. The summed E-state index contributed by atoms with van der Waals surface area (Å²) in [5.41, 5.74) is 1.97. The van der Waals surface area contributed by atoms with Crippen molar-refractivity contribution < 1.29 is 12.9 Å². The van der Waals surface area contributed by atoms with Crippen molar-refractivity contribution >= 4 is 10.0 Å². The Hall–Kier alpha value is -1.73. The third kappa shape index (κ3) is 3.43. The zero-order valence-electron chi connectivity index (χ0n) is 11.6. The summed E-state index contributed by atoms with van der Waals surface area (Å²) < 4.78 is 30.6. The van der Waals surface area contributed by atoms with Gasteiger partial charge in [-0.15, -0.1) is 0 Å². The highest BCUT2D eigenvalue weighted by Crippen LogP contribution is 2.19. The molecule has 7 heteroatoms. The molecule has 0 aliphatic carbocycles. The van der Waals surface area contributed by atoms with E-state index in [1.165, 1.54) is 0 Å². The van der Waals surface area contributed by atoms with Crippen molar-refractivity contribution in [1.82, 2.24) is 14.9 Å². The van der Waals surface area contributed by atoms with Crippen LogP contribution in [0.5, 0.6) is 0 Å². The summed E-state index contributed by atoms with van der Waals surface area (Å²) in [7, 11) is -3.31. The van der Waals surface area contributed by atoms with Crippen LogP contribution in [0, 0.1) is 6.92 Å². The molecule has 0 aliphatic heterocycles. The van der Waals surface area contributed by atoms with Gasteiger partial charge in [-0.25, -0.2) is 13.1 Å². The van der Waals surface area contributed by atoms with Gasteiger partial charge in [-0.2, -0.15) is 4.98 Å². The van der Waals surface area contributed by atoms with E-state index in [-0.39, 0.29) is 11.6 Å². The maximum absolute atomic E-state index is 11.5. The van der Waals surface area contributed by atoms with Crippen molar-refractivity contribution in [2.45, 2.75) is 26.8 Å². The molecule has 1 unspecified atom stereocenters. The zero-order chi connectivity index (χ0) is 14.8. The van der Waals surface area contributed by atoms with Crippen LogP contribution in [0.3, 0.4) is 0 Å². The molecule has 0 saturated heterocycles. The predicted octanol–water partition coefficient (Wildman–Crippen LogP) is 2.05. The molecule has 1 aromatic heterocycles. The SMILES string of the molecule is CCS(=O)(=O)NC(C)c1nc(-c2ccc(C)cc2)no1. The zero-order valence-corrected chi connectivity index (χ0v) is 12.4. The summed E-state index contributed by atoms with van der Waals surface area (Å²) in [6.45, 7) is 5.23. The first kappa shape index (κ1) is 14.7. The van der Waals surface area contributed by atoms with Crippen LogP contribution in [0.15, 0.2) is 28.8 Å². The van der Waals surface area contributed by atoms with Crippen LogP contribution in [0.2, 0.25) is 0 Å². The van der Waals surface area contributed by atoms with Crippen molar-refractivity contribution in [2.24, 2.45) is 0 Å². The molecule has 20 heavy (non-hydrogen) atoms. The van der Waals surface area contributed by atoms with Crippen LogP contribution >= 0.6 is 0 Å². The normalized spacial score (nSPS) is 13.3. The number of hydrogen-bond donors (Lipinski definition) is 1. The van der Waals surface area contributed by atoms with E-state index in [1.54, 1.807) is 13.8 Å². The molecule has 1 N–H and O–H groups in total. The summed E-state index contributed by atoms with van der Waals surface area (Å²) in [6, 6.07) is 7.14. The fraction of sp³-hybridized carbons (Fsp3) is 0.385. The van der Waals surface area contributed by atoms with Gasteiger partial charge < -0.3 is 4.52 Å². The van der Waals surface area contributed by atoms with Crippen LogP contribution in [0.25, 0.3) is 11.4 Å². The third-order valence-electron chi connectivity index (χ3n) is 2.86. The standard InChI is InChI=1S/C13H17N3O3S/c1-4-20(17,18)16-10(3)13-14-12(15-19-13)11-7-5-9(2)6-8-11/h5-8,10,16H,4H2,1-3H3. The largest absolute Gasteiger partial charge is 0.337 e. The van der Waals surface area contributed by atoms with Crippen LogP contribution in [-0.2, 0) is 10.0 Å². The first-order valence-electron chi connectivity index (χ1n) is 6.32. The second kappa shape index (κ2) is 5.72. The van der Waals surface area contributed by atoms with Crippen LogP contribution in [-0.4, -0.2) is 24.3 Å². The van der Waals surface area contributed by atoms with Gasteiger partial charge in [0, 0.05) is 5.56 Å². The Morgan fingerprint density at radius 1 is 1.30 bits per heavy atom. The highest BCUT2D eigenvalue weighted by Gasteiger charge is 2.19. The van der Waals surface area contributed by atoms with Crippen LogP contribution in [0.1, 0.15) is 31.3 Å². The fourth-order valence-corrected chi connectivity index (χ4v) is 2.44. The molecule has 2 rings (SSSR count). The smallest absolute Gasteiger partial charge is 0.244 e. The number of aryl methyl sites for hydroxylation is 1. The molecule has 0 aliphatic rings. The average molecular weight is 295 g/mol. The van der Waals surface area contributed by atoms with E-state index >= 15 is 0 Å². The van der Waals surface area contributed by atoms with Crippen molar-refractivity contribution in [3.63, 3.8) is 0 Å². The minimum absolute atomic E-state index is 0.0102. The van der Waals surface area contributed by atoms with Gasteiger partial charge in [0.15, 0.2) is 0 Å². The van der Waals surface area contributed by atoms with E-state index < -0.39 is 16.1 Å². The molecule has 1 atom stereocenters. The van der Waals surface area contributed by atoms with Gasteiger partial charge in [0.05, 0.1) is 11.8 Å². The Kier molecular flexibility index (Phi) is 4.20. The molecule has 108 valence electrons. The maximum atomic E-state index is 11.5. The van der Waals surface area contributed by atoms with Crippen LogP contribution < -0.4 is 4.72 Å². The Morgan fingerprint density at radius 3 is 2.55 bits per heavy atom. The number of rotatable bonds is 5. The number of hydrogen-bond acceptors (Lipinski definition) is 5. The van der Waals surface area contributed by atoms with Gasteiger partial charge in [-0.1, -0.05) is 35.0 Å². The second-order valence-electron chi connectivity index (χ2n) is 4.57. The number of nitrogens with one attached hydrogen (secondary N) is 1. The molecule has 0 amide bonds. The van der Waals surface area contributed by atoms with E-state index in [0.717, 1.165) is 11.1 Å². The summed E-state index contributed by atoms with van der Waals surface area (Å²) in [5, 5.41) is 3.87. The monoisotopic (exact) mass is 295 g/mol. The van der Waals surface area contributed by atoms with Gasteiger partial charge in [-0.3, -0.25) is 0 Å². The number of aromatic nitrogens is 2. The van der Waals surface area contributed by atoms with Gasteiger partial charge >= 0.3 is 0 Å². The molecule has 0 radical (unpaired) electrons. The third-order valence-corrected chi connectivity index (χ3v) is 4.33. The Balaban J connectivity index is 2.18. The molecule has 0 spiro atoms. The first-order chi connectivity index (χ1) is 9.41. The summed E-state index contributed by atoms with van der Waals surface area (Å²) in [4.78, 5) is 4.22. The van der Waals surface area contributed by atoms with Gasteiger partial charge in [-0.05, 0) is 20.8 Å². The maximum Gasteiger partial charge on any atom is 0.244 e. The highest BCUT2D eigenvalue weighted by atomic mass is 32.2. The van der Waals surface area contributed by atoms with Gasteiger partial charge in [0.2, 0.25) is 21.7 Å². The van der Waals surface area contributed by atoms with Crippen molar-refractivity contribution in [2.75, 3.05) is 5.75 Å². The molecular formula is C13H17N3O3S. The molecule has 0 bridgehead atoms. The lowest BCUT2D eigenvalue weighted by atomic mass is 10.1. The van der Waals surface area contributed by atoms with E-state index in [1.807, 2.05) is 31.2 Å². The Morgan fingerprint density at radius 2 is 1.95 bits per heavy atom. The van der Waals surface area contributed by atoms with E-state index in [4.69, 9.17) is 4.52 Å². The lowest BCUT2D eigenvalue weighted by Crippen LogP contribution is -2.28. The van der Waals surface area contributed by atoms with Gasteiger partial charge in [0.1, 0.15) is 0 Å². The minimum atomic E-state index is -3.31. The minimum Gasteiger partial charge on any atom is -0.337 e. The molecule has 2 aromatic rings. The predicted molar refractivity (Wildman–Crippen MR) is 75.5 cm³/mol. The summed E-state index contributed by atoms with van der Waals surface area (Å²) in [5.74, 6) is 0.705. The number of nitrogens with zero attached hydrogens (tertiary/aromatic N) is 2. The van der Waals surface area contributed by atoms with E-state index in [2.05, 4.69) is 14.9 Å². The van der Waals surface area contributed by atoms with E-state index in [0.29, 0.717) is 5.82 Å².